The van der Waals surface area contributed by atoms with Crippen molar-refractivity contribution in [1.29, 1.82) is 0 Å². The Balaban J connectivity index is 3.47. The molecule has 0 unspecified atom stereocenters. The highest BCUT2D eigenvalue weighted by molar-refractivity contribution is 5.86. The van der Waals surface area contributed by atoms with Crippen LogP contribution in [0.3, 0.4) is 0 Å². The summed E-state index contributed by atoms with van der Waals surface area (Å²) in [6.07, 6.45) is 19.7. The molecule has 29 heavy (non-hydrogen) atoms. The van der Waals surface area contributed by atoms with Gasteiger partial charge >= 0.3 is 12.2 Å². The second-order valence-corrected chi connectivity index (χ2v) is 8.21. The molecular weight excluding hydrogens is 366 g/mol. The minimum Gasteiger partial charge on any atom is -0.465 e. The molecule has 0 fully saturated rings. The van der Waals surface area contributed by atoms with E-state index in [4.69, 9.17) is 9.84 Å². The zero-order valence-corrected chi connectivity index (χ0v) is 19.3. The van der Waals surface area contributed by atoms with Crippen molar-refractivity contribution in [3.05, 3.63) is 0 Å². The molecule has 0 saturated carbocycles. The first-order valence-electron chi connectivity index (χ1n) is 12.3. The first-order valence-corrected chi connectivity index (χ1v) is 12.3. The third-order valence-electron chi connectivity index (χ3n) is 5.41. The molecule has 0 spiro atoms. The number of imide groups is 1. The normalized spacial score (nSPS) is 10.8. The van der Waals surface area contributed by atoms with E-state index in [0.717, 1.165) is 43.4 Å². The molecule has 5 nitrogen and oxygen atoms in total. The lowest BCUT2D eigenvalue weighted by Gasteiger charge is -2.16. The lowest BCUT2D eigenvalue weighted by atomic mass is 10.0. The molecule has 172 valence electrons. The van der Waals surface area contributed by atoms with Gasteiger partial charge in [-0.1, -0.05) is 117 Å². The number of rotatable bonds is 20. The minimum atomic E-state index is -1.22. The number of carbonyl (C=O) groups excluding carboxylic acids is 1. The molecule has 0 aromatic heterocycles. The SMILES string of the molecule is CCCCCCCCCCCCCCCCOC(=O)N(CCCCCC)C(=O)O. The van der Waals surface area contributed by atoms with Gasteiger partial charge in [0.2, 0.25) is 0 Å². The Kier molecular flexibility index (Phi) is 20.5. The molecule has 0 aliphatic rings. The van der Waals surface area contributed by atoms with Crippen LogP contribution in [0.25, 0.3) is 0 Å². The van der Waals surface area contributed by atoms with Gasteiger partial charge in [-0.05, 0) is 12.8 Å². The number of unbranched alkanes of at least 4 members (excludes halogenated alkanes) is 16. The summed E-state index contributed by atoms with van der Waals surface area (Å²) in [5.41, 5.74) is 0. The average molecular weight is 414 g/mol. The fourth-order valence-electron chi connectivity index (χ4n) is 3.50. The van der Waals surface area contributed by atoms with Crippen LogP contribution < -0.4 is 0 Å². The van der Waals surface area contributed by atoms with E-state index in [-0.39, 0.29) is 6.54 Å². The first-order chi connectivity index (χ1) is 14.1. The molecular formula is C24H47NO4. The van der Waals surface area contributed by atoms with Crippen molar-refractivity contribution in [3.8, 4) is 0 Å². The summed E-state index contributed by atoms with van der Waals surface area (Å²) < 4.78 is 5.14. The highest BCUT2D eigenvalue weighted by atomic mass is 16.6. The van der Waals surface area contributed by atoms with Crippen LogP contribution in [-0.2, 0) is 4.74 Å². The monoisotopic (exact) mass is 413 g/mol. The smallest absolute Gasteiger partial charge is 0.419 e. The molecule has 5 heteroatoms. The number of hydrogen-bond donors (Lipinski definition) is 1. The maximum atomic E-state index is 11.9. The van der Waals surface area contributed by atoms with E-state index in [2.05, 4.69) is 13.8 Å². The van der Waals surface area contributed by atoms with Crippen molar-refractivity contribution in [2.45, 2.75) is 129 Å². The maximum Gasteiger partial charge on any atom is 0.419 e. The second kappa shape index (κ2) is 21.4. The van der Waals surface area contributed by atoms with Gasteiger partial charge in [0, 0.05) is 6.54 Å². The predicted molar refractivity (Wildman–Crippen MR) is 121 cm³/mol. The molecule has 0 aromatic rings. The van der Waals surface area contributed by atoms with E-state index in [9.17, 15) is 9.59 Å². The van der Waals surface area contributed by atoms with Crippen molar-refractivity contribution >= 4 is 12.2 Å². The topological polar surface area (TPSA) is 66.8 Å². The van der Waals surface area contributed by atoms with E-state index < -0.39 is 12.2 Å². The summed E-state index contributed by atoms with van der Waals surface area (Å²) >= 11 is 0. The van der Waals surface area contributed by atoms with E-state index in [0.29, 0.717) is 13.0 Å². The Morgan fingerprint density at radius 1 is 0.621 bits per heavy atom. The van der Waals surface area contributed by atoms with E-state index in [1.54, 1.807) is 0 Å². The molecule has 0 atom stereocenters. The molecule has 0 heterocycles. The van der Waals surface area contributed by atoms with Gasteiger partial charge in [0.15, 0.2) is 0 Å². The number of ether oxygens (including phenoxy) is 1. The average Bonchev–Trinajstić information content (AvgIpc) is 2.70. The number of carbonyl (C=O) groups is 2. The fourth-order valence-corrected chi connectivity index (χ4v) is 3.50. The van der Waals surface area contributed by atoms with Crippen LogP contribution in [0.15, 0.2) is 0 Å². The quantitative estimate of drug-likeness (QED) is 0.204. The van der Waals surface area contributed by atoms with Crippen LogP contribution in [0.1, 0.15) is 129 Å². The lowest BCUT2D eigenvalue weighted by molar-refractivity contribution is 0.0924. The Labute approximate surface area is 179 Å². The number of nitrogens with zero attached hydrogens (tertiary/aromatic N) is 1. The van der Waals surface area contributed by atoms with Crippen molar-refractivity contribution in [2.75, 3.05) is 13.2 Å². The third-order valence-corrected chi connectivity index (χ3v) is 5.41. The van der Waals surface area contributed by atoms with E-state index >= 15 is 0 Å². The fraction of sp³-hybridized carbons (Fsp3) is 0.917. The molecule has 0 aromatic carbocycles. The maximum absolute atomic E-state index is 11.9. The first kappa shape index (κ1) is 27.7. The second-order valence-electron chi connectivity index (χ2n) is 8.21. The van der Waals surface area contributed by atoms with E-state index in [1.807, 2.05) is 0 Å². The van der Waals surface area contributed by atoms with Gasteiger partial charge < -0.3 is 9.84 Å². The Bertz CT molecular complexity index is 387. The van der Waals surface area contributed by atoms with Crippen LogP contribution in [-0.4, -0.2) is 35.3 Å². The summed E-state index contributed by atoms with van der Waals surface area (Å²) in [7, 11) is 0. The highest BCUT2D eigenvalue weighted by Crippen LogP contribution is 2.13. The summed E-state index contributed by atoms with van der Waals surface area (Å²) in [5.74, 6) is 0. The van der Waals surface area contributed by atoms with Crippen LogP contribution in [0.5, 0.6) is 0 Å². The number of amides is 2. The minimum absolute atomic E-state index is 0.229. The van der Waals surface area contributed by atoms with Crippen molar-refractivity contribution < 1.29 is 19.4 Å². The zero-order valence-electron chi connectivity index (χ0n) is 19.3. The van der Waals surface area contributed by atoms with Crippen molar-refractivity contribution in [3.63, 3.8) is 0 Å². The largest absolute Gasteiger partial charge is 0.465 e. The van der Waals surface area contributed by atoms with Crippen LogP contribution in [0.2, 0.25) is 0 Å². The molecule has 2 amide bonds. The van der Waals surface area contributed by atoms with Crippen molar-refractivity contribution in [1.82, 2.24) is 4.90 Å². The predicted octanol–water partition coefficient (Wildman–Crippen LogP) is 8.16. The van der Waals surface area contributed by atoms with Gasteiger partial charge in [0.1, 0.15) is 0 Å². The zero-order chi connectivity index (χ0) is 21.6. The summed E-state index contributed by atoms with van der Waals surface area (Å²) in [6.45, 7) is 4.90. The lowest BCUT2D eigenvalue weighted by Crippen LogP contribution is -2.37. The molecule has 0 rings (SSSR count). The van der Waals surface area contributed by atoms with Crippen LogP contribution >= 0.6 is 0 Å². The summed E-state index contributed by atoms with van der Waals surface area (Å²) in [5, 5.41) is 9.15. The van der Waals surface area contributed by atoms with Gasteiger partial charge in [0.05, 0.1) is 6.61 Å². The third kappa shape index (κ3) is 18.5. The highest BCUT2D eigenvalue weighted by Gasteiger charge is 2.21. The standard InChI is InChI=1S/C24H47NO4/c1-3-5-7-9-10-11-12-13-14-15-16-17-18-20-22-29-24(28)25(23(26)27)21-19-8-6-4-2/h3-22H2,1-2H3,(H,26,27). The molecule has 0 aliphatic carbocycles. The molecule has 0 aliphatic heterocycles. The van der Waals surface area contributed by atoms with E-state index in [1.165, 1.54) is 70.6 Å². The summed E-state index contributed by atoms with van der Waals surface area (Å²) in [6, 6.07) is 0. The summed E-state index contributed by atoms with van der Waals surface area (Å²) in [4.78, 5) is 23.9. The number of carboxylic acid groups (broad SMARTS) is 1. The van der Waals surface area contributed by atoms with Gasteiger partial charge in [-0.15, -0.1) is 0 Å². The molecule has 0 radical (unpaired) electrons. The van der Waals surface area contributed by atoms with Gasteiger partial charge in [-0.3, -0.25) is 0 Å². The van der Waals surface area contributed by atoms with Gasteiger partial charge in [-0.2, -0.15) is 0 Å². The Hall–Kier alpha value is -1.26. The molecule has 1 N–H and O–H groups in total. The van der Waals surface area contributed by atoms with Crippen molar-refractivity contribution in [2.24, 2.45) is 0 Å². The molecule has 0 bridgehead atoms. The Morgan fingerprint density at radius 2 is 1.00 bits per heavy atom. The van der Waals surface area contributed by atoms with Crippen LogP contribution in [0, 0.1) is 0 Å². The Morgan fingerprint density at radius 3 is 1.41 bits per heavy atom. The molecule has 0 saturated heterocycles. The van der Waals surface area contributed by atoms with Gasteiger partial charge in [0.25, 0.3) is 0 Å². The van der Waals surface area contributed by atoms with Crippen LogP contribution in [0.4, 0.5) is 9.59 Å². The van der Waals surface area contributed by atoms with Gasteiger partial charge in [-0.25, -0.2) is 14.5 Å². The number of hydrogen-bond acceptors (Lipinski definition) is 3.